The first-order valence-electron chi connectivity index (χ1n) is 4.62. The molecule has 0 saturated carbocycles. The minimum Gasteiger partial charge on any atom is -0.395 e. The van der Waals surface area contributed by atoms with Crippen LogP contribution in [0.3, 0.4) is 0 Å². The highest BCUT2D eigenvalue weighted by molar-refractivity contribution is 5.85. The Labute approximate surface area is 88.7 Å². The van der Waals surface area contributed by atoms with E-state index in [9.17, 15) is 9.59 Å². The van der Waals surface area contributed by atoms with Crippen molar-refractivity contribution >= 4 is 11.8 Å². The fourth-order valence-corrected chi connectivity index (χ4v) is 0.953. The van der Waals surface area contributed by atoms with Crippen LogP contribution in [0, 0.1) is 0 Å². The minimum atomic E-state index is -0.383. The number of hydrogen-bond acceptors (Lipinski definition) is 4. The summed E-state index contributed by atoms with van der Waals surface area (Å²) in [5.74, 6) is -0.656. The third-order valence-electron chi connectivity index (χ3n) is 1.69. The van der Waals surface area contributed by atoms with Crippen molar-refractivity contribution in [2.24, 2.45) is 5.73 Å². The Morgan fingerprint density at radius 3 is 2.67 bits per heavy atom. The molecule has 0 rings (SSSR count). The van der Waals surface area contributed by atoms with Crippen molar-refractivity contribution in [3.63, 3.8) is 0 Å². The summed E-state index contributed by atoms with van der Waals surface area (Å²) in [6.07, 6.45) is 1.55. The molecule has 4 N–H and O–H groups in total. The molecule has 0 spiro atoms. The van der Waals surface area contributed by atoms with E-state index in [1.54, 1.807) is 6.08 Å². The van der Waals surface area contributed by atoms with E-state index in [0.29, 0.717) is 6.54 Å². The molecule has 0 heterocycles. The molecule has 0 bridgehead atoms. The average Bonchev–Trinajstić information content (AvgIpc) is 2.25. The number of carbonyl (C=O) groups excluding carboxylic acids is 2. The van der Waals surface area contributed by atoms with E-state index < -0.39 is 0 Å². The molecule has 0 radical (unpaired) electrons. The number of carbonyl (C=O) groups is 2. The lowest BCUT2D eigenvalue weighted by atomic mass is 10.4. The van der Waals surface area contributed by atoms with E-state index in [-0.39, 0.29) is 38.1 Å². The number of hydrogen-bond donors (Lipinski definition) is 3. The summed E-state index contributed by atoms with van der Waals surface area (Å²) in [4.78, 5) is 23.6. The Morgan fingerprint density at radius 2 is 2.20 bits per heavy atom. The lowest BCUT2D eigenvalue weighted by Crippen LogP contribution is -2.43. The molecule has 0 saturated heterocycles. The molecule has 15 heavy (non-hydrogen) atoms. The van der Waals surface area contributed by atoms with Gasteiger partial charge in [0.05, 0.1) is 19.7 Å². The number of nitrogens with one attached hydrogen (secondary N) is 1. The van der Waals surface area contributed by atoms with Crippen molar-refractivity contribution in [2.75, 3.05) is 32.8 Å². The van der Waals surface area contributed by atoms with Crippen molar-refractivity contribution in [2.45, 2.75) is 0 Å². The van der Waals surface area contributed by atoms with Gasteiger partial charge in [0.25, 0.3) is 0 Å². The molecular weight excluding hydrogens is 198 g/mol. The van der Waals surface area contributed by atoms with Gasteiger partial charge in [0, 0.05) is 13.1 Å². The van der Waals surface area contributed by atoms with Crippen LogP contribution in [-0.2, 0) is 9.59 Å². The van der Waals surface area contributed by atoms with Crippen LogP contribution in [0.1, 0.15) is 0 Å². The molecule has 0 fully saturated rings. The highest BCUT2D eigenvalue weighted by Gasteiger charge is 2.11. The van der Waals surface area contributed by atoms with Gasteiger partial charge in [-0.1, -0.05) is 6.08 Å². The fraction of sp³-hybridized carbons (Fsp3) is 0.556. The molecule has 86 valence electrons. The Hall–Kier alpha value is -1.40. The Balaban J connectivity index is 4.01. The number of nitrogens with zero attached hydrogens (tertiary/aromatic N) is 1. The Morgan fingerprint density at radius 1 is 1.53 bits per heavy atom. The predicted octanol–water partition coefficient (Wildman–Crippen LogP) is -1.93. The van der Waals surface area contributed by atoms with Crippen LogP contribution in [0.2, 0.25) is 0 Å². The quantitative estimate of drug-likeness (QED) is 0.431. The molecule has 0 atom stereocenters. The highest BCUT2D eigenvalue weighted by atomic mass is 16.3. The topological polar surface area (TPSA) is 95.7 Å². The third-order valence-corrected chi connectivity index (χ3v) is 1.69. The van der Waals surface area contributed by atoms with Crippen molar-refractivity contribution in [1.29, 1.82) is 0 Å². The number of amides is 2. The lowest BCUT2D eigenvalue weighted by Gasteiger charge is -2.19. The number of nitrogens with two attached hydrogens (primary N) is 1. The number of aliphatic hydroxyl groups is 1. The zero-order chi connectivity index (χ0) is 11.7. The van der Waals surface area contributed by atoms with Gasteiger partial charge < -0.3 is 21.1 Å². The van der Waals surface area contributed by atoms with Crippen molar-refractivity contribution in [1.82, 2.24) is 10.2 Å². The minimum absolute atomic E-state index is 0.107. The summed E-state index contributed by atoms with van der Waals surface area (Å²) in [6, 6.07) is 0. The molecule has 0 aromatic heterocycles. The van der Waals surface area contributed by atoms with Gasteiger partial charge in [-0.15, -0.1) is 6.58 Å². The maximum Gasteiger partial charge on any atom is 0.242 e. The third kappa shape index (κ3) is 5.82. The first-order valence-corrected chi connectivity index (χ1v) is 4.62. The van der Waals surface area contributed by atoms with Gasteiger partial charge in [-0.2, -0.15) is 0 Å². The van der Waals surface area contributed by atoms with Crippen molar-refractivity contribution in [3.8, 4) is 0 Å². The monoisotopic (exact) mass is 215 g/mol. The second-order valence-corrected chi connectivity index (χ2v) is 2.83. The SMILES string of the molecule is C=CCN(CCO)C(=O)CNC(=O)CN. The summed E-state index contributed by atoms with van der Waals surface area (Å²) in [5.41, 5.74) is 5.06. The first kappa shape index (κ1) is 13.6. The van der Waals surface area contributed by atoms with Gasteiger partial charge in [-0.05, 0) is 0 Å². The zero-order valence-electron chi connectivity index (χ0n) is 8.61. The Kier molecular flexibility index (Phi) is 7.21. The molecular formula is C9H17N3O3. The molecule has 0 unspecified atom stereocenters. The van der Waals surface area contributed by atoms with Crippen molar-refractivity contribution < 1.29 is 14.7 Å². The summed E-state index contributed by atoms with van der Waals surface area (Å²) < 4.78 is 0. The van der Waals surface area contributed by atoms with Gasteiger partial charge in [0.1, 0.15) is 0 Å². The second-order valence-electron chi connectivity index (χ2n) is 2.83. The number of rotatable bonds is 7. The van der Waals surface area contributed by atoms with E-state index in [4.69, 9.17) is 10.8 Å². The Bertz CT molecular complexity index is 231. The first-order chi connectivity index (χ1) is 7.15. The molecule has 6 nitrogen and oxygen atoms in total. The average molecular weight is 215 g/mol. The number of aliphatic hydroxyl groups excluding tert-OH is 1. The van der Waals surface area contributed by atoms with Crippen molar-refractivity contribution in [3.05, 3.63) is 12.7 Å². The van der Waals surface area contributed by atoms with Crippen LogP contribution in [0.25, 0.3) is 0 Å². The van der Waals surface area contributed by atoms with Gasteiger partial charge >= 0.3 is 0 Å². The van der Waals surface area contributed by atoms with Crippen LogP contribution in [0.15, 0.2) is 12.7 Å². The van der Waals surface area contributed by atoms with Gasteiger partial charge in [0.2, 0.25) is 11.8 Å². The lowest BCUT2D eigenvalue weighted by molar-refractivity contribution is -0.132. The molecule has 0 aromatic carbocycles. The van der Waals surface area contributed by atoms with Crippen LogP contribution in [0.4, 0.5) is 0 Å². The molecule has 0 aromatic rings. The smallest absolute Gasteiger partial charge is 0.242 e. The van der Waals surface area contributed by atoms with Crippen LogP contribution in [0.5, 0.6) is 0 Å². The van der Waals surface area contributed by atoms with Crippen LogP contribution >= 0.6 is 0 Å². The van der Waals surface area contributed by atoms with E-state index in [0.717, 1.165) is 0 Å². The maximum atomic E-state index is 11.5. The zero-order valence-corrected chi connectivity index (χ0v) is 8.61. The van der Waals surface area contributed by atoms with Crippen LogP contribution in [-0.4, -0.2) is 54.6 Å². The van der Waals surface area contributed by atoms with Crippen LogP contribution < -0.4 is 11.1 Å². The standard InChI is InChI=1S/C9H17N3O3/c1-2-3-12(4-5-13)9(15)7-11-8(14)6-10/h2,13H,1,3-7,10H2,(H,11,14). The highest BCUT2D eigenvalue weighted by Crippen LogP contribution is 1.89. The van der Waals surface area contributed by atoms with E-state index in [1.807, 2.05) is 0 Å². The summed E-state index contributed by atoms with van der Waals surface area (Å²) in [6.45, 7) is 3.69. The van der Waals surface area contributed by atoms with E-state index >= 15 is 0 Å². The molecule has 0 aliphatic heterocycles. The fourth-order valence-electron chi connectivity index (χ4n) is 0.953. The molecule has 0 aliphatic rings. The van der Waals surface area contributed by atoms with E-state index in [2.05, 4.69) is 11.9 Å². The summed E-state index contributed by atoms with van der Waals surface area (Å²) >= 11 is 0. The van der Waals surface area contributed by atoms with E-state index in [1.165, 1.54) is 4.90 Å². The maximum absolute atomic E-state index is 11.5. The van der Waals surface area contributed by atoms with Gasteiger partial charge in [0.15, 0.2) is 0 Å². The molecule has 6 heteroatoms. The summed E-state index contributed by atoms with van der Waals surface area (Å²) in [7, 11) is 0. The molecule has 0 aliphatic carbocycles. The summed E-state index contributed by atoms with van der Waals surface area (Å²) in [5, 5.41) is 11.1. The normalized spacial score (nSPS) is 9.47. The molecule has 2 amide bonds. The second kappa shape index (κ2) is 7.95. The largest absolute Gasteiger partial charge is 0.395 e. The predicted molar refractivity (Wildman–Crippen MR) is 55.9 cm³/mol. The van der Waals surface area contributed by atoms with Gasteiger partial charge in [-0.25, -0.2) is 0 Å². The van der Waals surface area contributed by atoms with Gasteiger partial charge in [-0.3, -0.25) is 9.59 Å².